The van der Waals surface area contributed by atoms with Crippen LogP contribution in [0.3, 0.4) is 0 Å². The number of rotatable bonds is 7. The molecular formula is C19H26N4O3S. The molecule has 7 nitrogen and oxygen atoms in total. The van der Waals surface area contributed by atoms with Gasteiger partial charge in [-0.2, -0.15) is 0 Å². The van der Waals surface area contributed by atoms with E-state index in [1.54, 1.807) is 12.1 Å². The third-order valence-corrected chi connectivity index (χ3v) is 5.84. The molecule has 2 heterocycles. The molecule has 3 rings (SSSR count). The standard InChI is InChI=1S/C19H26N4O3S/c1-3-26-17-7-9-18(10-8-17)27(24,25)20-14-16-13-15(2)21-19(22-16)23-11-5-4-6-12-23/h7-10,13,20H,3-6,11-12,14H2,1-2H3. The lowest BCUT2D eigenvalue weighted by atomic mass is 10.1. The van der Waals surface area contributed by atoms with E-state index >= 15 is 0 Å². The van der Waals surface area contributed by atoms with Crippen molar-refractivity contribution in [1.82, 2.24) is 14.7 Å². The highest BCUT2D eigenvalue weighted by molar-refractivity contribution is 7.89. The molecular weight excluding hydrogens is 364 g/mol. The Balaban J connectivity index is 1.70. The van der Waals surface area contributed by atoms with Crippen LogP contribution in [0.2, 0.25) is 0 Å². The Labute approximate surface area is 160 Å². The van der Waals surface area contributed by atoms with E-state index in [9.17, 15) is 8.42 Å². The third-order valence-electron chi connectivity index (χ3n) is 4.42. The van der Waals surface area contributed by atoms with E-state index in [0.717, 1.165) is 31.6 Å². The van der Waals surface area contributed by atoms with Crippen LogP contribution in [0.1, 0.15) is 37.6 Å². The zero-order valence-electron chi connectivity index (χ0n) is 15.8. The van der Waals surface area contributed by atoms with Crippen molar-refractivity contribution in [3.05, 3.63) is 41.7 Å². The number of ether oxygens (including phenoxy) is 1. The first kappa shape index (κ1) is 19.6. The summed E-state index contributed by atoms with van der Waals surface area (Å²) in [7, 11) is -3.62. The van der Waals surface area contributed by atoms with Crippen molar-refractivity contribution in [2.45, 2.75) is 44.6 Å². The summed E-state index contributed by atoms with van der Waals surface area (Å²) in [6.07, 6.45) is 3.51. The fraction of sp³-hybridized carbons (Fsp3) is 0.474. The summed E-state index contributed by atoms with van der Waals surface area (Å²) < 4.78 is 33.1. The van der Waals surface area contributed by atoms with Gasteiger partial charge in [0.2, 0.25) is 16.0 Å². The third kappa shape index (κ3) is 5.17. The van der Waals surface area contributed by atoms with E-state index in [4.69, 9.17) is 4.74 Å². The van der Waals surface area contributed by atoms with Gasteiger partial charge in [0.05, 0.1) is 23.7 Å². The maximum absolute atomic E-state index is 12.5. The van der Waals surface area contributed by atoms with Gasteiger partial charge in [0.1, 0.15) is 5.75 Å². The second kappa shape index (κ2) is 8.67. The van der Waals surface area contributed by atoms with Crippen LogP contribution in [0, 0.1) is 6.92 Å². The van der Waals surface area contributed by atoms with Gasteiger partial charge in [-0.25, -0.2) is 23.1 Å². The van der Waals surface area contributed by atoms with Gasteiger partial charge in [-0.3, -0.25) is 0 Å². The average molecular weight is 391 g/mol. The monoisotopic (exact) mass is 390 g/mol. The van der Waals surface area contributed by atoms with Crippen LogP contribution < -0.4 is 14.4 Å². The molecule has 1 aromatic heterocycles. The van der Waals surface area contributed by atoms with Crippen LogP contribution in [0.4, 0.5) is 5.95 Å². The van der Waals surface area contributed by atoms with Crippen molar-refractivity contribution < 1.29 is 13.2 Å². The van der Waals surface area contributed by atoms with E-state index in [1.165, 1.54) is 18.6 Å². The van der Waals surface area contributed by atoms with Gasteiger partial charge in [0.15, 0.2) is 0 Å². The van der Waals surface area contributed by atoms with Crippen LogP contribution in [-0.2, 0) is 16.6 Å². The van der Waals surface area contributed by atoms with Gasteiger partial charge in [-0.15, -0.1) is 0 Å². The molecule has 0 bridgehead atoms. The predicted octanol–water partition coefficient (Wildman–Crippen LogP) is 2.65. The van der Waals surface area contributed by atoms with Gasteiger partial charge in [0.25, 0.3) is 0 Å². The Morgan fingerprint density at radius 3 is 2.48 bits per heavy atom. The van der Waals surface area contributed by atoms with E-state index in [1.807, 2.05) is 19.9 Å². The number of nitrogens with one attached hydrogen (secondary N) is 1. The normalized spacial score (nSPS) is 15.0. The van der Waals surface area contributed by atoms with Crippen LogP contribution in [-0.4, -0.2) is 38.1 Å². The topological polar surface area (TPSA) is 84.4 Å². The van der Waals surface area contributed by atoms with Gasteiger partial charge in [-0.1, -0.05) is 0 Å². The van der Waals surface area contributed by atoms with E-state index < -0.39 is 10.0 Å². The molecule has 0 amide bonds. The molecule has 2 aromatic rings. The van der Waals surface area contributed by atoms with Crippen molar-refractivity contribution in [1.29, 1.82) is 0 Å². The Kier molecular flexibility index (Phi) is 6.28. The number of piperidine rings is 1. The molecule has 1 fully saturated rings. The lowest BCUT2D eigenvalue weighted by Crippen LogP contribution is -2.32. The van der Waals surface area contributed by atoms with Crippen molar-refractivity contribution >= 4 is 16.0 Å². The van der Waals surface area contributed by atoms with Crippen molar-refractivity contribution in [3.63, 3.8) is 0 Å². The number of benzene rings is 1. The lowest BCUT2D eigenvalue weighted by Gasteiger charge is -2.27. The summed E-state index contributed by atoms with van der Waals surface area (Å²) in [5.74, 6) is 1.33. The largest absolute Gasteiger partial charge is 0.494 e. The summed E-state index contributed by atoms with van der Waals surface area (Å²) >= 11 is 0. The number of anilines is 1. The Bertz CT molecular complexity index is 863. The second-order valence-electron chi connectivity index (χ2n) is 6.58. The highest BCUT2D eigenvalue weighted by Gasteiger charge is 2.17. The number of aryl methyl sites for hydroxylation is 1. The van der Waals surface area contributed by atoms with Crippen LogP contribution in [0.15, 0.2) is 35.2 Å². The molecule has 1 aliphatic heterocycles. The smallest absolute Gasteiger partial charge is 0.240 e. The molecule has 0 radical (unpaired) electrons. The minimum absolute atomic E-state index is 0.125. The van der Waals surface area contributed by atoms with E-state index in [-0.39, 0.29) is 11.4 Å². The molecule has 8 heteroatoms. The predicted molar refractivity (Wildman–Crippen MR) is 104 cm³/mol. The van der Waals surface area contributed by atoms with Crippen LogP contribution in [0.5, 0.6) is 5.75 Å². The number of nitrogens with zero attached hydrogens (tertiary/aromatic N) is 3. The fourth-order valence-electron chi connectivity index (χ4n) is 3.08. The average Bonchev–Trinajstić information content (AvgIpc) is 2.67. The van der Waals surface area contributed by atoms with E-state index in [2.05, 4.69) is 19.6 Å². The van der Waals surface area contributed by atoms with E-state index in [0.29, 0.717) is 24.0 Å². The number of sulfonamides is 1. The number of hydrogen-bond donors (Lipinski definition) is 1. The fourth-order valence-corrected chi connectivity index (χ4v) is 4.08. The molecule has 0 unspecified atom stereocenters. The van der Waals surface area contributed by atoms with Crippen LogP contribution in [0.25, 0.3) is 0 Å². The molecule has 0 spiro atoms. The van der Waals surface area contributed by atoms with Crippen molar-refractivity contribution in [2.75, 3.05) is 24.6 Å². The van der Waals surface area contributed by atoms with Gasteiger partial charge < -0.3 is 9.64 Å². The summed E-state index contributed by atoms with van der Waals surface area (Å²) in [6, 6.07) is 8.20. The molecule has 0 saturated carbocycles. The Morgan fingerprint density at radius 1 is 1.11 bits per heavy atom. The Hall–Kier alpha value is -2.19. The molecule has 1 N–H and O–H groups in total. The SMILES string of the molecule is CCOc1ccc(S(=O)(=O)NCc2cc(C)nc(N3CCCCC3)n2)cc1. The zero-order valence-corrected chi connectivity index (χ0v) is 16.6. The number of hydrogen-bond acceptors (Lipinski definition) is 6. The molecule has 1 aliphatic rings. The minimum atomic E-state index is -3.62. The molecule has 146 valence electrons. The Morgan fingerprint density at radius 2 is 1.81 bits per heavy atom. The summed E-state index contributed by atoms with van der Waals surface area (Å²) in [4.78, 5) is 11.4. The van der Waals surface area contributed by atoms with Crippen molar-refractivity contribution in [2.24, 2.45) is 0 Å². The second-order valence-corrected chi connectivity index (χ2v) is 8.34. The summed E-state index contributed by atoms with van der Waals surface area (Å²) in [5.41, 5.74) is 1.50. The molecule has 1 aromatic carbocycles. The maximum atomic E-state index is 12.5. The molecule has 1 saturated heterocycles. The maximum Gasteiger partial charge on any atom is 0.240 e. The van der Waals surface area contributed by atoms with Gasteiger partial charge in [-0.05, 0) is 63.4 Å². The highest BCUT2D eigenvalue weighted by Crippen LogP contribution is 2.18. The molecule has 0 atom stereocenters. The zero-order chi connectivity index (χ0) is 19.3. The van der Waals surface area contributed by atoms with Crippen molar-refractivity contribution in [3.8, 4) is 5.75 Å². The minimum Gasteiger partial charge on any atom is -0.494 e. The first-order valence-corrected chi connectivity index (χ1v) is 10.8. The first-order chi connectivity index (χ1) is 13.0. The summed E-state index contributed by atoms with van der Waals surface area (Å²) in [5, 5.41) is 0. The summed E-state index contributed by atoms with van der Waals surface area (Å²) in [6.45, 7) is 6.34. The first-order valence-electron chi connectivity index (χ1n) is 9.30. The van der Waals surface area contributed by atoms with Gasteiger partial charge >= 0.3 is 0 Å². The lowest BCUT2D eigenvalue weighted by molar-refractivity contribution is 0.340. The quantitative estimate of drug-likeness (QED) is 0.782. The highest BCUT2D eigenvalue weighted by atomic mass is 32.2. The number of aromatic nitrogens is 2. The molecule has 27 heavy (non-hydrogen) atoms. The van der Waals surface area contributed by atoms with Crippen LogP contribution >= 0.6 is 0 Å². The molecule has 0 aliphatic carbocycles. The van der Waals surface area contributed by atoms with Gasteiger partial charge in [0, 0.05) is 18.8 Å².